The van der Waals surface area contributed by atoms with Gasteiger partial charge in [0, 0.05) is 13.0 Å². The maximum absolute atomic E-state index is 11.5. The van der Waals surface area contributed by atoms with E-state index in [1.54, 1.807) is 0 Å². The van der Waals surface area contributed by atoms with Crippen LogP contribution in [0.3, 0.4) is 0 Å². The number of sulfonamides is 1. The van der Waals surface area contributed by atoms with Gasteiger partial charge in [0.25, 0.3) is 0 Å². The third-order valence-corrected chi connectivity index (χ3v) is 3.94. The van der Waals surface area contributed by atoms with Gasteiger partial charge in [-0.1, -0.05) is 0 Å². The molecular formula is C8H14N2O5S. The summed E-state index contributed by atoms with van der Waals surface area (Å²) in [5.41, 5.74) is 2.22. The smallest absolute Gasteiger partial charge is 0.310 e. The molecule has 1 saturated heterocycles. The van der Waals surface area contributed by atoms with E-state index >= 15 is 0 Å². The minimum Gasteiger partial charge on any atom is -0.469 e. The van der Waals surface area contributed by atoms with Gasteiger partial charge in [-0.3, -0.25) is 15.0 Å². The quantitative estimate of drug-likeness (QED) is 0.639. The molecule has 0 aromatic rings. The molecule has 7 nitrogen and oxygen atoms in total. The van der Waals surface area contributed by atoms with Gasteiger partial charge in [0.1, 0.15) is 0 Å². The summed E-state index contributed by atoms with van der Waals surface area (Å²) >= 11 is 0. The van der Waals surface area contributed by atoms with Gasteiger partial charge in [0.15, 0.2) is 0 Å². The van der Waals surface area contributed by atoms with Crippen molar-refractivity contribution in [2.24, 2.45) is 5.92 Å². The maximum atomic E-state index is 11.5. The second-order valence-corrected chi connectivity index (χ2v) is 5.57. The number of methoxy groups -OCH3 is 1. The molecule has 92 valence electrons. The molecule has 0 spiro atoms. The Morgan fingerprint density at radius 2 is 2.25 bits per heavy atom. The fraction of sp³-hybridized carbons (Fsp3) is 0.750. The third kappa shape index (κ3) is 2.70. The van der Waals surface area contributed by atoms with Gasteiger partial charge in [-0.25, -0.2) is 8.42 Å². The van der Waals surface area contributed by atoms with Gasteiger partial charge in [0.2, 0.25) is 15.9 Å². The van der Waals surface area contributed by atoms with Crippen LogP contribution in [0, 0.1) is 5.92 Å². The van der Waals surface area contributed by atoms with Gasteiger partial charge in [-0.2, -0.15) is 0 Å². The highest BCUT2D eigenvalue weighted by molar-refractivity contribution is 7.89. The van der Waals surface area contributed by atoms with Crippen molar-refractivity contribution in [1.82, 2.24) is 9.84 Å². The molecule has 1 N–H and O–H groups in total. The molecule has 1 atom stereocenters. The Hall–Kier alpha value is -1.15. The van der Waals surface area contributed by atoms with Crippen LogP contribution < -0.4 is 5.43 Å². The normalized spacial score (nSPS) is 22.6. The minimum atomic E-state index is -3.54. The number of rotatable bonds is 3. The predicted molar refractivity (Wildman–Crippen MR) is 54.4 cm³/mol. The fourth-order valence-corrected chi connectivity index (χ4v) is 2.34. The molecular weight excluding hydrogens is 236 g/mol. The second-order valence-electron chi connectivity index (χ2n) is 3.39. The molecule has 16 heavy (non-hydrogen) atoms. The van der Waals surface area contributed by atoms with Crippen LogP contribution >= 0.6 is 0 Å². The lowest BCUT2D eigenvalue weighted by atomic mass is 10.0. The zero-order valence-corrected chi connectivity index (χ0v) is 9.91. The van der Waals surface area contributed by atoms with Gasteiger partial charge in [0.05, 0.1) is 18.8 Å². The van der Waals surface area contributed by atoms with Crippen molar-refractivity contribution in [2.75, 3.05) is 19.4 Å². The Morgan fingerprint density at radius 3 is 2.75 bits per heavy atom. The topological polar surface area (TPSA) is 92.8 Å². The first-order valence-electron chi connectivity index (χ1n) is 4.78. The number of nitrogens with one attached hydrogen (secondary N) is 1. The van der Waals surface area contributed by atoms with Crippen molar-refractivity contribution in [3.8, 4) is 0 Å². The predicted octanol–water partition coefficient (Wildman–Crippen LogP) is -1.14. The van der Waals surface area contributed by atoms with Crippen LogP contribution in [0.2, 0.25) is 0 Å². The summed E-state index contributed by atoms with van der Waals surface area (Å²) in [4.78, 5) is 22.5. The molecule has 0 saturated carbocycles. The van der Waals surface area contributed by atoms with Crippen LogP contribution in [0.1, 0.15) is 13.3 Å². The van der Waals surface area contributed by atoms with E-state index in [9.17, 15) is 18.0 Å². The number of nitrogens with zero attached hydrogens (tertiary/aromatic N) is 1. The highest BCUT2D eigenvalue weighted by Gasteiger charge is 2.35. The van der Waals surface area contributed by atoms with Crippen LogP contribution in [0.5, 0.6) is 0 Å². The van der Waals surface area contributed by atoms with Gasteiger partial charge in [-0.05, 0) is 6.92 Å². The molecule has 1 fully saturated rings. The molecule has 1 unspecified atom stereocenters. The van der Waals surface area contributed by atoms with Gasteiger partial charge >= 0.3 is 5.97 Å². The first-order chi connectivity index (χ1) is 7.40. The lowest BCUT2D eigenvalue weighted by Gasteiger charge is -2.30. The minimum absolute atomic E-state index is 0.0532. The van der Waals surface area contributed by atoms with Crippen molar-refractivity contribution in [3.05, 3.63) is 0 Å². The molecule has 1 heterocycles. The van der Waals surface area contributed by atoms with Crippen LogP contribution in [0.25, 0.3) is 0 Å². The first-order valence-corrected chi connectivity index (χ1v) is 6.39. The Morgan fingerprint density at radius 1 is 1.62 bits per heavy atom. The number of carbonyl (C=O) groups is 2. The summed E-state index contributed by atoms with van der Waals surface area (Å²) < 4.78 is 28.3. The number of carbonyl (C=O) groups excluding carboxylic acids is 2. The van der Waals surface area contributed by atoms with E-state index in [0.717, 1.165) is 4.41 Å². The zero-order valence-electron chi connectivity index (χ0n) is 9.10. The van der Waals surface area contributed by atoms with E-state index in [4.69, 9.17) is 0 Å². The molecule has 0 aliphatic carbocycles. The van der Waals surface area contributed by atoms with E-state index in [-0.39, 0.29) is 18.7 Å². The van der Waals surface area contributed by atoms with Crippen molar-refractivity contribution in [3.63, 3.8) is 0 Å². The molecule has 1 aliphatic heterocycles. The van der Waals surface area contributed by atoms with E-state index in [1.807, 2.05) is 0 Å². The maximum Gasteiger partial charge on any atom is 0.310 e. The van der Waals surface area contributed by atoms with Crippen molar-refractivity contribution in [2.45, 2.75) is 13.3 Å². The Bertz CT molecular complexity index is 391. The van der Waals surface area contributed by atoms with E-state index in [2.05, 4.69) is 10.2 Å². The Labute approximate surface area is 93.8 Å². The third-order valence-electron chi connectivity index (χ3n) is 2.30. The highest BCUT2D eigenvalue weighted by Crippen LogP contribution is 2.15. The summed E-state index contributed by atoms with van der Waals surface area (Å²) in [7, 11) is -2.33. The molecule has 1 rings (SSSR count). The van der Waals surface area contributed by atoms with Gasteiger partial charge in [-0.15, -0.1) is 4.41 Å². The SMILES string of the molecule is CCS(=O)(=O)N1CC(C(=O)OC)CC(=O)N1. The molecule has 8 heteroatoms. The van der Waals surface area contributed by atoms with E-state index < -0.39 is 27.8 Å². The summed E-state index contributed by atoms with van der Waals surface area (Å²) in [6.45, 7) is 1.39. The average Bonchev–Trinajstić information content (AvgIpc) is 2.27. The van der Waals surface area contributed by atoms with Crippen molar-refractivity contribution < 1.29 is 22.7 Å². The van der Waals surface area contributed by atoms with E-state index in [0.29, 0.717) is 0 Å². The van der Waals surface area contributed by atoms with Crippen LogP contribution in [-0.4, -0.2) is 44.1 Å². The number of amides is 1. The number of ether oxygens (including phenoxy) is 1. The molecule has 1 amide bonds. The lowest BCUT2D eigenvalue weighted by molar-refractivity contribution is -0.150. The average molecular weight is 250 g/mol. The second kappa shape index (κ2) is 4.79. The number of hydrogen-bond acceptors (Lipinski definition) is 5. The van der Waals surface area contributed by atoms with Crippen LogP contribution in [0.15, 0.2) is 0 Å². The molecule has 1 aliphatic rings. The summed E-state index contributed by atoms with van der Waals surface area (Å²) in [6.07, 6.45) is -0.0532. The molecule has 0 bridgehead atoms. The van der Waals surface area contributed by atoms with Crippen LogP contribution in [-0.2, 0) is 24.3 Å². The summed E-state index contributed by atoms with van der Waals surface area (Å²) in [5.74, 6) is -1.95. The molecule has 0 radical (unpaired) electrons. The lowest BCUT2D eigenvalue weighted by Crippen LogP contribution is -2.55. The zero-order chi connectivity index (χ0) is 12.3. The van der Waals surface area contributed by atoms with Gasteiger partial charge < -0.3 is 4.74 Å². The summed E-state index contributed by atoms with van der Waals surface area (Å²) in [6, 6.07) is 0. The summed E-state index contributed by atoms with van der Waals surface area (Å²) in [5, 5.41) is 0. The molecule has 0 aromatic carbocycles. The fourth-order valence-electron chi connectivity index (χ4n) is 1.38. The Kier molecular flexibility index (Phi) is 3.87. The number of hydrogen-bond donors (Lipinski definition) is 1. The first kappa shape index (κ1) is 12.9. The van der Waals surface area contributed by atoms with Crippen molar-refractivity contribution in [1.29, 1.82) is 0 Å². The number of hydrazine groups is 1. The molecule has 0 aromatic heterocycles. The van der Waals surface area contributed by atoms with Crippen molar-refractivity contribution >= 4 is 21.9 Å². The van der Waals surface area contributed by atoms with Crippen LogP contribution in [0.4, 0.5) is 0 Å². The monoisotopic (exact) mass is 250 g/mol. The standard InChI is InChI=1S/C8H14N2O5S/c1-3-16(13,14)10-5-6(8(12)15-2)4-7(11)9-10/h6H,3-5H2,1-2H3,(H,9,11). The Balaban J connectivity index is 2.84. The highest BCUT2D eigenvalue weighted by atomic mass is 32.2. The largest absolute Gasteiger partial charge is 0.469 e. The van der Waals surface area contributed by atoms with E-state index in [1.165, 1.54) is 14.0 Å². The number of esters is 1.